The first-order valence-electron chi connectivity index (χ1n) is 6.32. The van der Waals surface area contributed by atoms with E-state index < -0.39 is 0 Å². The van der Waals surface area contributed by atoms with Gasteiger partial charge < -0.3 is 16.0 Å². The van der Waals surface area contributed by atoms with Gasteiger partial charge in [0.25, 0.3) is 5.91 Å². The molecule has 7 heteroatoms. The quantitative estimate of drug-likeness (QED) is 0.772. The normalized spacial score (nSPS) is 19.0. The van der Waals surface area contributed by atoms with Crippen LogP contribution in [-0.4, -0.2) is 28.5 Å². The Balaban J connectivity index is 0.000000902. The molecule has 108 valence electrons. The van der Waals surface area contributed by atoms with Crippen LogP contribution in [0.5, 0.6) is 0 Å². The summed E-state index contributed by atoms with van der Waals surface area (Å²) in [5.74, 6) is 2.01. The fourth-order valence-corrected chi connectivity index (χ4v) is 2.01. The van der Waals surface area contributed by atoms with E-state index in [0.29, 0.717) is 24.1 Å². The van der Waals surface area contributed by atoms with Gasteiger partial charge in [-0.3, -0.25) is 4.79 Å². The number of aromatic amines is 1. The van der Waals surface area contributed by atoms with E-state index in [0.717, 1.165) is 5.82 Å². The van der Waals surface area contributed by atoms with E-state index in [9.17, 15) is 4.79 Å². The van der Waals surface area contributed by atoms with E-state index in [4.69, 9.17) is 5.73 Å². The van der Waals surface area contributed by atoms with Crippen LogP contribution in [0.25, 0.3) is 0 Å². The number of halogens is 2. The molecule has 0 saturated heterocycles. The number of hydrogen-bond acceptors (Lipinski definition) is 3. The first-order valence-corrected chi connectivity index (χ1v) is 6.32. The Hall–Kier alpha value is -0.780. The number of nitrogens with two attached hydrogens (primary N) is 1. The molecule has 0 aromatic carbocycles. The molecule has 0 radical (unpaired) electrons. The molecule has 1 amide bonds. The largest absolute Gasteiger partial charge is 0.349 e. The third-order valence-electron chi connectivity index (χ3n) is 3.53. The highest BCUT2D eigenvalue weighted by molar-refractivity contribution is 5.92. The minimum atomic E-state index is -0.0968. The van der Waals surface area contributed by atoms with Crippen LogP contribution in [0, 0.1) is 5.92 Å². The highest BCUT2D eigenvalue weighted by atomic mass is 35.5. The molecule has 3 rings (SSSR count). The predicted octanol–water partition coefficient (Wildman–Crippen LogP) is 1.60. The van der Waals surface area contributed by atoms with Crippen LogP contribution < -0.4 is 11.1 Å². The summed E-state index contributed by atoms with van der Waals surface area (Å²) in [6.45, 7) is 0.557. The van der Waals surface area contributed by atoms with Crippen LogP contribution >= 0.6 is 24.8 Å². The van der Waals surface area contributed by atoms with Crippen molar-refractivity contribution in [2.24, 2.45) is 11.7 Å². The number of carbonyl (C=O) groups excluding carboxylic acids is 1. The summed E-state index contributed by atoms with van der Waals surface area (Å²) < 4.78 is 0. The Morgan fingerprint density at radius 1 is 1.42 bits per heavy atom. The van der Waals surface area contributed by atoms with Gasteiger partial charge in [-0.25, -0.2) is 4.98 Å². The smallest absolute Gasteiger partial charge is 0.269 e. The summed E-state index contributed by atoms with van der Waals surface area (Å²) >= 11 is 0. The zero-order valence-corrected chi connectivity index (χ0v) is 12.2. The minimum absolute atomic E-state index is 0. The molecule has 2 fully saturated rings. The molecule has 19 heavy (non-hydrogen) atoms. The Morgan fingerprint density at radius 3 is 2.68 bits per heavy atom. The van der Waals surface area contributed by atoms with Gasteiger partial charge in [0.2, 0.25) is 0 Å². The van der Waals surface area contributed by atoms with Crippen molar-refractivity contribution >= 4 is 30.7 Å². The van der Waals surface area contributed by atoms with E-state index >= 15 is 0 Å². The molecule has 2 saturated carbocycles. The lowest BCUT2D eigenvalue weighted by molar-refractivity contribution is 0.0945. The average Bonchev–Trinajstić information content (AvgIpc) is 3.23. The van der Waals surface area contributed by atoms with Gasteiger partial charge in [-0.05, 0) is 31.6 Å². The van der Waals surface area contributed by atoms with E-state index in [1.54, 1.807) is 6.20 Å². The number of aromatic nitrogens is 2. The number of hydrogen-bond donors (Lipinski definition) is 3. The topological polar surface area (TPSA) is 83.8 Å². The molecule has 0 bridgehead atoms. The lowest BCUT2D eigenvalue weighted by Crippen LogP contribution is -2.38. The summed E-state index contributed by atoms with van der Waals surface area (Å²) in [7, 11) is 0. The van der Waals surface area contributed by atoms with Crippen molar-refractivity contribution in [3.8, 4) is 0 Å². The van der Waals surface area contributed by atoms with Crippen LogP contribution in [0.2, 0.25) is 0 Å². The SMILES string of the molecule is Cl.Cl.NC(CNC(=O)c1cnc(C2CC2)[nH]1)C1CC1. The fraction of sp³-hybridized carbons (Fsp3) is 0.667. The lowest BCUT2D eigenvalue weighted by Gasteiger charge is -2.10. The summed E-state index contributed by atoms with van der Waals surface area (Å²) in [6.07, 6.45) is 6.38. The molecule has 0 aliphatic heterocycles. The number of nitrogens with zero attached hydrogens (tertiary/aromatic N) is 1. The maximum absolute atomic E-state index is 11.8. The highest BCUT2D eigenvalue weighted by Gasteiger charge is 2.29. The van der Waals surface area contributed by atoms with Gasteiger partial charge in [0.1, 0.15) is 11.5 Å². The number of rotatable bonds is 5. The molecule has 0 spiro atoms. The number of carbonyl (C=O) groups is 1. The molecule has 5 nitrogen and oxygen atoms in total. The van der Waals surface area contributed by atoms with Crippen LogP contribution in [-0.2, 0) is 0 Å². The van der Waals surface area contributed by atoms with Crippen molar-refractivity contribution < 1.29 is 4.79 Å². The first kappa shape index (κ1) is 16.3. The van der Waals surface area contributed by atoms with Crippen LogP contribution in [0.3, 0.4) is 0 Å². The number of amides is 1. The Bertz CT molecular complexity index is 429. The van der Waals surface area contributed by atoms with Gasteiger partial charge in [0.15, 0.2) is 0 Å². The van der Waals surface area contributed by atoms with Crippen molar-refractivity contribution in [3.05, 3.63) is 17.7 Å². The van der Waals surface area contributed by atoms with E-state index in [1.165, 1.54) is 25.7 Å². The summed E-state index contributed by atoms with van der Waals surface area (Å²) in [6, 6.07) is 0.102. The molecule has 1 unspecified atom stereocenters. The van der Waals surface area contributed by atoms with Gasteiger partial charge in [-0.2, -0.15) is 0 Å². The number of H-pyrrole nitrogens is 1. The zero-order chi connectivity index (χ0) is 11.8. The van der Waals surface area contributed by atoms with Crippen LogP contribution in [0.1, 0.15) is 47.9 Å². The van der Waals surface area contributed by atoms with Crippen molar-refractivity contribution in [2.75, 3.05) is 6.54 Å². The van der Waals surface area contributed by atoms with Gasteiger partial charge in [-0.1, -0.05) is 0 Å². The van der Waals surface area contributed by atoms with Gasteiger partial charge >= 0.3 is 0 Å². The minimum Gasteiger partial charge on any atom is -0.349 e. The maximum atomic E-state index is 11.8. The van der Waals surface area contributed by atoms with Gasteiger partial charge in [0.05, 0.1) is 6.20 Å². The Kier molecular flexibility index (Phi) is 5.64. The summed E-state index contributed by atoms with van der Waals surface area (Å²) in [4.78, 5) is 19.1. The summed E-state index contributed by atoms with van der Waals surface area (Å²) in [5.41, 5.74) is 6.48. The number of nitrogens with one attached hydrogen (secondary N) is 2. The monoisotopic (exact) mass is 306 g/mol. The van der Waals surface area contributed by atoms with E-state index in [1.807, 2.05) is 0 Å². The van der Waals surface area contributed by atoms with E-state index in [2.05, 4.69) is 15.3 Å². The third kappa shape index (κ3) is 4.09. The second kappa shape index (κ2) is 6.59. The molecular formula is C12H20Cl2N4O. The van der Waals surface area contributed by atoms with Crippen molar-refractivity contribution in [3.63, 3.8) is 0 Å². The number of imidazole rings is 1. The molecule has 1 atom stereocenters. The zero-order valence-electron chi connectivity index (χ0n) is 10.6. The highest BCUT2D eigenvalue weighted by Crippen LogP contribution is 2.38. The molecule has 1 aromatic heterocycles. The molecule has 2 aliphatic rings. The molecule has 2 aliphatic carbocycles. The average molecular weight is 307 g/mol. The molecule has 1 aromatic rings. The maximum Gasteiger partial charge on any atom is 0.269 e. The first-order chi connectivity index (χ1) is 8.24. The predicted molar refractivity (Wildman–Crippen MR) is 78.1 cm³/mol. The van der Waals surface area contributed by atoms with Crippen molar-refractivity contribution in [2.45, 2.75) is 37.6 Å². The van der Waals surface area contributed by atoms with Crippen molar-refractivity contribution in [1.29, 1.82) is 0 Å². The molecular weight excluding hydrogens is 287 g/mol. The molecule has 4 N–H and O–H groups in total. The van der Waals surface area contributed by atoms with Crippen LogP contribution in [0.4, 0.5) is 0 Å². The molecule has 1 heterocycles. The Morgan fingerprint density at radius 2 is 2.11 bits per heavy atom. The van der Waals surface area contributed by atoms with Crippen LogP contribution in [0.15, 0.2) is 6.20 Å². The van der Waals surface area contributed by atoms with E-state index in [-0.39, 0.29) is 36.8 Å². The van der Waals surface area contributed by atoms with Gasteiger partial charge in [0, 0.05) is 18.5 Å². The standard InChI is InChI=1S/C12H18N4O.2ClH/c13-9(7-1-2-7)5-15-12(17)10-6-14-11(16-10)8-3-4-8;;/h6-9H,1-5,13H2,(H,14,16)(H,15,17);2*1H. The summed E-state index contributed by atoms with van der Waals surface area (Å²) in [5, 5.41) is 2.86. The lowest BCUT2D eigenvalue weighted by atomic mass is 10.2. The van der Waals surface area contributed by atoms with Gasteiger partial charge in [-0.15, -0.1) is 24.8 Å². The second-order valence-electron chi connectivity index (χ2n) is 5.17. The Labute approximate surface area is 124 Å². The second-order valence-corrected chi connectivity index (χ2v) is 5.17. The van der Waals surface area contributed by atoms with Crippen molar-refractivity contribution in [1.82, 2.24) is 15.3 Å². The fourth-order valence-electron chi connectivity index (χ4n) is 2.01. The third-order valence-corrected chi connectivity index (χ3v) is 3.53.